The fraction of sp³-hybridized carbons (Fsp3) is 0.800. The van der Waals surface area contributed by atoms with E-state index in [0.29, 0.717) is 6.42 Å². The lowest BCUT2D eigenvalue weighted by Gasteiger charge is -2.06. The quantitative estimate of drug-likeness (QED) is 0.204. The minimum atomic E-state index is -0.655. The van der Waals surface area contributed by atoms with Crippen molar-refractivity contribution in [1.29, 1.82) is 0 Å². The van der Waals surface area contributed by atoms with E-state index in [4.69, 9.17) is 9.84 Å². The Labute approximate surface area is 144 Å². The molecule has 0 amide bonds. The largest absolute Gasteiger partial charge is 0.502 e. The molecule has 0 aliphatic rings. The number of ether oxygens (including phenoxy) is 2. The average molecular weight is 329 g/mol. The lowest BCUT2D eigenvalue weighted by molar-refractivity contribution is -0.0558. The molecule has 0 radical (unpaired) electrons. The van der Waals surface area contributed by atoms with Crippen molar-refractivity contribution in [1.82, 2.24) is 0 Å². The molecule has 0 saturated carbocycles. The second-order valence-electron chi connectivity index (χ2n) is 5.77. The molecule has 3 heteroatoms. The van der Waals surface area contributed by atoms with Crippen molar-refractivity contribution < 1.29 is 14.6 Å². The van der Waals surface area contributed by atoms with E-state index in [0.717, 1.165) is 13.0 Å². The van der Waals surface area contributed by atoms with Crippen molar-refractivity contribution in [3.63, 3.8) is 0 Å². The number of hydrogen-bond acceptors (Lipinski definition) is 3. The van der Waals surface area contributed by atoms with E-state index in [-0.39, 0.29) is 0 Å². The Morgan fingerprint density at radius 2 is 1.30 bits per heavy atom. The number of aliphatic hydroxyl groups excluding tert-OH is 1. The molecule has 0 rings (SSSR count). The summed E-state index contributed by atoms with van der Waals surface area (Å²) in [4.78, 5) is 0. The van der Waals surface area contributed by atoms with Crippen LogP contribution in [0.25, 0.3) is 0 Å². The fourth-order valence-corrected chi connectivity index (χ4v) is 2.18. The predicted molar refractivity (Wildman–Crippen MR) is 100 cm³/mol. The maximum absolute atomic E-state index is 8.76. The maximum Gasteiger partial charge on any atom is 0.196 e. The molecule has 1 N–H and O–H groups in total. The SMILES string of the molecule is C=COC(O)CCC.C=COCCCCCCCCCCCC. The minimum Gasteiger partial charge on any atom is -0.502 e. The summed E-state index contributed by atoms with van der Waals surface area (Å²) in [5, 5.41) is 8.76. The first-order valence-electron chi connectivity index (χ1n) is 9.39. The summed E-state index contributed by atoms with van der Waals surface area (Å²) in [6.07, 6.45) is 17.5. The summed E-state index contributed by atoms with van der Waals surface area (Å²) in [7, 11) is 0. The van der Waals surface area contributed by atoms with Crippen molar-refractivity contribution in [2.45, 2.75) is 97.2 Å². The zero-order valence-electron chi connectivity index (χ0n) is 15.6. The monoisotopic (exact) mass is 328 g/mol. The van der Waals surface area contributed by atoms with Gasteiger partial charge in [-0.15, -0.1) is 0 Å². The minimum absolute atomic E-state index is 0.655. The number of hydrogen-bond donors (Lipinski definition) is 1. The van der Waals surface area contributed by atoms with Gasteiger partial charge in [0.1, 0.15) is 0 Å². The Hall–Kier alpha value is -0.960. The molecule has 0 fully saturated rings. The number of unbranched alkanes of at least 4 members (excludes halogenated alkanes) is 9. The Morgan fingerprint density at radius 1 is 0.783 bits per heavy atom. The van der Waals surface area contributed by atoms with Gasteiger partial charge in [-0.3, -0.25) is 0 Å². The van der Waals surface area contributed by atoms with Gasteiger partial charge in [-0.05, 0) is 6.42 Å². The standard InChI is InChI=1S/C14H28O.C6H12O2/c1-3-5-6-7-8-9-10-11-12-13-14-15-4-2;1-3-5-6(7)8-4-2/h4H,2-3,5-14H2,1H3;4,6-7H,2-3,5H2,1H3. The van der Waals surface area contributed by atoms with Crippen molar-refractivity contribution in [2.24, 2.45) is 0 Å². The van der Waals surface area contributed by atoms with Gasteiger partial charge in [0.25, 0.3) is 0 Å². The normalized spacial score (nSPS) is 11.1. The zero-order valence-corrected chi connectivity index (χ0v) is 15.6. The highest BCUT2D eigenvalue weighted by Gasteiger charge is 1.96. The summed E-state index contributed by atoms with van der Waals surface area (Å²) in [5.41, 5.74) is 0. The van der Waals surface area contributed by atoms with Crippen molar-refractivity contribution in [2.75, 3.05) is 6.61 Å². The third-order valence-corrected chi connectivity index (χ3v) is 3.52. The van der Waals surface area contributed by atoms with Gasteiger partial charge in [-0.25, -0.2) is 0 Å². The molecule has 0 bridgehead atoms. The van der Waals surface area contributed by atoms with E-state index in [2.05, 4.69) is 24.8 Å². The highest BCUT2D eigenvalue weighted by atomic mass is 16.6. The van der Waals surface area contributed by atoms with Crippen LogP contribution in [0.3, 0.4) is 0 Å². The molecule has 0 spiro atoms. The van der Waals surface area contributed by atoms with Crippen molar-refractivity contribution in [3.05, 3.63) is 25.7 Å². The Morgan fingerprint density at radius 3 is 1.74 bits per heavy atom. The van der Waals surface area contributed by atoms with Crippen molar-refractivity contribution in [3.8, 4) is 0 Å². The third kappa shape index (κ3) is 26.3. The van der Waals surface area contributed by atoms with Crippen LogP contribution in [0.5, 0.6) is 0 Å². The molecule has 0 saturated heterocycles. The van der Waals surface area contributed by atoms with Gasteiger partial charge in [-0.2, -0.15) is 0 Å². The average Bonchev–Trinajstić information content (AvgIpc) is 2.54. The second-order valence-corrected chi connectivity index (χ2v) is 5.77. The molecule has 0 heterocycles. The Bertz CT molecular complexity index is 229. The molecule has 1 atom stereocenters. The van der Waals surface area contributed by atoms with Crippen LogP contribution in [0.4, 0.5) is 0 Å². The van der Waals surface area contributed by atoms with Crippen LogP contribution in [0.15, 0.2) is 25.7 Å². The molecule has 0 aromatic carbocycles. The van der Waals surface area contributed by atoms with Gasteiger partial charge in [0.05, 0.1) is 19.1 Å². The summed E-state index contributed by atoms with van der Waals surface area (Å²) in [6.45, 7) is 11.9. The molecule has 1 unspecified atom stereocenters. The van der Waals surface area contributed by atoms with Crippen LogP contribution < -0.4 is 0 Å². The van der Waals surface area contributed by atoms with Gasteiger partial charge in [-0.1, -0.05) is 91.2 Å². The van der Waals surface area contributed by atoms with E-state index >= 15 is 0 Å². The van der Waals surface area contributed by atoms with E-state index in [1.165, 1.54) is 76.7 Å². The van der Waals surface area contributed by atoms with Crippen LogP contribution in [0, 0.1) is 0 Å². The van der Waals surface area contributed by atoms with Gasteiger partial charge in [0.2, 0.25) is 0 Å². The topological polar surface area (TPSA) is 38.7 Å². The van der Waals surface area contributed by atoms with Gasteiger partial charge in [0.15, 0.2) is 6.29 Å². The van der Waals surface area contributed by atoms with Crippen LogP contribution in [-0.2, 0) is 9.47 Å². The van der Waals surface area contributed by atoms with Crippen LogP contribution in [0.2, 0.25) is 0 Å². The molecule has 138 valence electrons. The molecular weight excluding hydrogens is 288 g/mol. The molecule has 23 heavy (non-hydrogen) atoms. The molecule has 0 aromatic rings. The fourth-order valence-electron chi connectivity index (χ4n) is 2.18. The van der Waals surface area contributed by atoms with E-state index in [1.54, 1.807) is 0 Å². The second kappa shape index (κ2) is 23.3. The first-order chi connectivity index (χ1) is 11.2. The Kier molecular flexibility index (Phi) is 24.6. The third-order valence-electron chi connectivity index (χ3n) is 3.52. The number of aliphatic hydroxyl groups is 1. The highest BCUT2D eigenvalue weighted by molar-refractivity contribution is 4.51. The van der Waals surface area contributed by atoms with E-state index in [9.17, 15) is 0 Å². The lowest BCUT2D eigenvalue weighted by Crippen LogP contribution is -2.06. The van der Waals surface area contributed by atoms with Crippen LogP contribution in [0.1, 0.15) is 90.9 Å². The van der Waals surface area contributed by atoms with E-state index < -0.39 is 6.29 Å². The first kappa shape index (κ1) is 24.3. The summed E-state index contributed by atoms with van der Waals surface area (Å²) in [5.74, 6) is 0. The molecule has 0 aromatic heterocycles. The van der Waals surface area contributed by atoms with Gasteiger partial charge >= 0.3 is 0 Å². The van der Waals surface area contributed by atoms with E-state index in [1.807, 2.05) is 6.92 Å². The Balaban J connectivity index is 0. The summed E-state index contributed by atoms with van der Waals surface area (Å²) < 4.78 is 9.67. The predicted octanol–water partition coefficient (Wildman–Crippen LogP) is 6.33. The van der Waals surface area contributed by atoms with Gasteiger partial charge in [0, 0.05) is 6.42 Å². The van der Waals surface area contributed by atoms with Gasteiger partial charge < -0.3 is 14.6 Å². The first-order valence-corrected chi connectivity index (χ1v) is 9.39. The van der Waals surface area contributed by atoms with Crippen LogP contribution >= 0.6 is 0 Å². The summed E-state index contributed by atoms with van der Waals surface area (Å²) in [6, 6.07) is 0. The zero-order chi connectivity index (χ0) is 17.6. The van der Waals surface area contributed by atoms with Crippen LogP contribution in [-0.4, -0.2) is 18.0 Å². The maximum atomic E-state index is 8.76. The molecule has 0 aliphatic heterocycles. The van der Waals surface area contributed by atoms with Crippen molar-refractivity contribution >= 4 is 0 Å². The highest BCUT2D eigenvalue weighted by Crippen LogP contribution is 2.10. The number of rotatable bonds is 16. The summed E-state index contributed by atoms with van der Waals surface area (Å²) >= 11 is 0. The molecule has 3 nitrogen and oxygen atoms in total. The lowest BCUT2D eigenvalue weighted by atomic mass is 10.1. The smallest absolute Gasteiger partial charge is 0.196 e. The molecular formula is C20H40O3. The molecule has 0 aliphatic carbocycles.